The number of nitrogens with one attached hydrogen (secondary N) is 2. The van der Waals surface area contributed by atoms with Crippen molar-refractivity contribution in [2.75, 3.05) is 5.32 Å². The molecule has 1 aromatic rings. The third kappa shape index (κ3) is 6.90. The van der Waals surface area contributed by atoms with Crippen LogP contribution in [0.2, 0.25) is 0 Å². The zero-order valence-electron chi connectivity index (χ0n) is 12.8. The Morgan fingerprint density at radius 2 is 1.76 bits per heavy atom. The Kier molecular flexibility index (Phi) is 6.88. The smallest absolute Gasteiger partial charge is 0.226 e. The van der Waals surface area contributed by atoms with Crippen LogP contribution in [-0.2, 0) is 16.1 Å². The molecule has 5 nitrogen and oxygen atoms in total. The van der Waals surface area contributed by atoms with Crippen molar-refractivity contribution in [1.29, 1.82) is 0 Å². The molecule has 0 radical (unpaired) electrons. The van der Waals surface area contributed by atoms with E-state index in [-0.39, 0.29) is 17.7 Å². The highest BCUT2D eigenvalue weighted by Crippen LogP contribution is 2.11. The first-order valence-electron chi connectivity index (χ1n) is 7.23. The first-order valence-corrected chi connectivity index (χ1v) is 7.23. The second kappa shape index (κ2) is 8.42. The first-order chi connectivity index (χ1) is 9.88. The fourth-order valence-electron chi connectivity index (χ4n) is 1.62. The third-order valence-corrected chi connectivity index (χ3v) is 3.02. The maximum absolute atomic E-state index is 11.6. The molecule has 0 heterocycles. The Balaban J connectivity index is 2.41. The number of amides is 2. The normalized spacial score (nSPS) is 12.0. The lowest BCUT2D eigenvalue weighted by Crippen LogP contribution is -2.23. The van der Waals surface area contributed by atoms with Crippen molar-refractivity contribution in [2.24, 2.45) is 5.92 Å². The Morgan fingerprint density at radius 1 is 1.14 bits per heavy atom. The number of aliphatic hydroxyl groups is 1. The largest absolute Gasteiger partial charge is 0.393 e. The lowest BCUT2D eigenvalue weighted by Gasteiger charge is -2.09. The lowest BCUT2D eigenvalue weighted by atomic mass is 10.1. The van der Waals surface area contributed by atoms with Gasteiger partial charge in [0.1, 0.15) is 0 Å². The number of anilines is 1. The Labute approximate surface area is 125 Å². The van der Waals surface area contributed by atoms with Crippen molar-refractivity contribution >= 4 is 17.5 Å². The first kappa shape index (κ1) is 17.2. The number of rotatable bonds is 7. The molecule has 0 aromatic heterocycles. The van der Waals surface area contributed by atoms with Crippen LogP contribution in [-0.4, -0.2) is 23.0 Å². The topological polar surface area (TPSA) is 78.4 Å². The molecule has 0 saturated heterocycles. The highest BCUT2D eigenvalue weighted by Gasteiger charge is 2.07. The van der Waals surface area contributed by atoms with E-state index in [2.05, 4.69) is 10.6 Å². The minimum atomic E-state index is -0.459. The maximum Gasteiger partial charge on any atom is 0.226 e. The van der Waals surface area contributed by atoms with Gasteiger partial charge in [-0.3, -0.25) is 9.59 Å². The van der Waals surface area contributed by atoms with Gasteiger partial charge in [0.15, 0.2) is 0 Å². The van der Waals surface area contributed by atoms with Crippen LogP contribution in [0, 0.1) is 5.92 Å². The van der Waals surface area contributed by atoms with Crippen LogP contribution < -0.4 is 10.6 Å². The molecule has 2 amide bonds. The van der Waals surface area contributed by atoms with Crippen LogP contribution in [0.5, 0.6) is 0 Å². The van der Waals surface area contributed by atoms with Gasteiger partial charge in [-0.25, -0.2) is 0 Å². The van der Waals surface area contributed by atoms with Gasteiger partial charge >= 0.3 is 0 Å². The molecule has 0 saturated carbocycles. The summed E-state index contributed by atoms with van der Waals surface area (Å²) < 4.78 is 0. The average Bonchev–Trinajstić information content (AvgIpc) is 2.44. The van der Waals surface area contributed by atoms with Gasteiger partial charge < -0.3 is 15.7 Å². The number of hydrogen-bond acceptors (Lipinski definition) is 3. The molecule has 0 fully saturated rings. The summed E-state index contributed by atoms with van der Waals surface area (Å²) in [5, 5.41) is 14.7. The summed E-state index contributed by atoms with van der Waals surface area (Å²) >= 11 is 0. The second-order valence-electron chi connectivity index (χ2n) is 5.51. The van der Waals surface area contributed by atoms with E-state index in [9.17, 15) is 9.59 Å². The average molecular weight is 292 g/mol. The van der Waals surface area contributed by atoms with E-state index < -0.39 is 6.10 Å². The SMILES string of the molecule is CC(O)CCC(=O)NCc1ccc(NC(=O)C(C)C)cc1. The zero-order valence-corrected chi connectivity index (χ0v) is 12.8. The van der Waals surface area contributed by atoms with E-state index in [0.717, 1.165) is 11.3 Å². The fraction of sp³-hybridized carbons (Fsp3) is 0.500. The molecule has 0 aliphatic rings. The summed E-state index contributed by atoms with van der Waals surface area (Å²) in [5.41, 5.74) is 1.71. The quantitative estimate of drug-likeness (QED) is 0.720. The molecule has 1 atom stereocenters. The molecule has 0 spiro atoms. The molecule has 1 unspecified atom stereocenters. The van der Waals surface area contributed by atoms with Gasteiger partial charge in [0.25, 0.3) is 0 Å². The lowest BCUT2D eigenvalue weighted by molar-refractivity contribution is -0.121. The van der Waals surface area contributed by atoms with Gasteiger partial charge in [-0.15, -0.1) is 0 Å². The molecule has 1 aromatic carbocycles. The number of carbonyl (C=O) groups is 2. The highest BCUT2D eigenvalue weighted by molar-refractivity contribution is 5.92. The summed E-state index contributed by atoms with van der Waals surface area (Å²) in [6.07, 6.45) is 0.325. The minimum Gasteiger partial charge on any atom is -0.393 e. The summed E-state index contributed by atoms with van der Waals surface area (Å²) in [6, 6.07) is 7.37. The van der Waals surface area contributed by atoms with Crippen molar-refractivity contribution in [1.82, 2.24) is 5.32 Å². The molecule has 0 aliphatic carbocycles. The number of benzene rings is 1. The van der Waals surface area contributed by atoms with Gasteiger partial charge in [-0.05, 0) is 31.0 Å². The van der Waals surface area contributed by atoms with Crippen molar-refractivity contribution in [3.8, 4) is 0 Å². The van der Waals surface area contributed by atoms with E-state index in [1.54, 1.807) is 6.92 Å². The number of aliphatic hydroxyl groups excluding tert-OH is 1. The fourth-order valence-corrected chi connectivity index (χ4v) is 1.62. The van der Waals surface area contributed by atoms with Gasteiger partial charge in [0, 0.05) is 24.6 Å². The maximum atomic E-state index is 11.6. The standard InChI is InChI=1S/C16H24N2O3/c1-11(2)16(21)18-14-7-5-13(6-8-14)10-17-15(20)9-4-12(3)19/h5-8,11-12,19H,4,9-10H2,1-3H3,(H,17,20)(H,18,21). The van der Waals surface area contributed by atoms with Crippen LogP contribution >= 0.6 is 0 Å². The second-order valence-corrected chi connectivity index (χ2v) is 5.51. The predicted octanol–water partition coefficient (Wildman–Crippen LogP) is 2.06. The summed E-state index contributed by atoms with van der Waals surface area (Å²) in [4.78, 5) is 23.1. The van der Waals surface area contributed by atoms with Crippen molar-refractivity contribution < 1.29 is 14.7 Å². The summed E-state index contributed by atoms with van der Waals surface area (Å²) in [5.74, 6) is -0.153. The Morgan fingerprint density at radius 3 is 2.29 bits per heavy atom. The van der Waals surface area contributed by atoms with Crippen LogP contribution in [0.25, 0.3) is 0 Å². The molecule has 0 aliphatic heterocycles. The summed E-state index contributed by atoms with van der Waals surface area (Å²) in [6.45, 7) is 5.79. The van der Waals surface area contributed by atoms with Gasteiger partial charge in [0.2, 0.25) is 11.8 Å². The number of carbonyl (C=O) groups excluding carboxylic acids is 2. The van der Waals surface area contributed by atoms with E-state index in [1.165, 1.54) is 0 Å². The molecular formula is C16H24N2O3. The third-order valence-electron chi connectivity index (χ3n) is 3.02. The van der Waals surface area contributed by atoms with Crippen LogP contribution in [0.3, 0.4) is 0 Å². The Hall–Kier alpha value is -1.88. The van der Waals surface area contributed by atoms with Crippen molar-refractivity contribution in [3.05, 3.63) is 29.8 Å². The van der Waals surface area contributed by atoms with E-state index in [0.29, 0.717) is 19.4 Å². The molecular weight excluding hydrogens is 268 g/mol. The number of hydrogen-bond donors (Lipinski definition) is 3. The van der Waals surface area contributed by atoms with Crippen LogP contribution in [0.4, 0.5) is 5.69 Å². The van der Waals surface area contributed by atoms with Crippen molar-refractivity contribution in [3.63, 3.8) is 0 Å². The molecule has 0 bridgehead atoms. The highest BCUT2D eigenvalue weighted by atomic mass is 16.3. The van der Waals surface area contributed by atoms with Crippen LogP contribution in [0.15, 0.2) is 24.3 Å². The molecule has 116 valence electrons. The molecule has 21 heavy (non-hydrogen) atoms. The molecule has 3 N–H and O–H groups in total. The minimum absolute atomic E-state index is 0.0193. The molecule has 5 heteroatoms. The van der Waals surface area contributed by atoms with Gasteiger partial charge in [0.05, 0.1) is 6.10 Å². The van der Waals surface area contributed by atoms with Gasteiger partial charge in [-0.1, -0.05) is 26.0 Å². The van der Waals surface area contributed by atoms with Crippen LogP contribution in [0.1, 0.15) is 39.2 Å². The predicted molar refractivity (Wildman–Crippen MR) is 82.7 cm³/mol. The molecule has 1 rings (SSSR count). The summed E-state index contributed by atoms with van der Waals surface area (Å²) in [7, 11) is 0. The zero-order chi connectivity index (χ0) is 15.8. The monoisotopic (exact) mass is 292 g/mol. The van der Waals surface area contributed by atoms with E-state index in [4.69, 9.17) is 5.11 Å². The van der Waals surface area contributed by atoms with Gasteiger partial charge in [-0.2, -0.15) is 0 Å². The Bertz CT molecular complexity index is 467. The van der Waals surface area contributed by atoms with E-state index in [1.807, 2.05) is 38.1 Å². The van der Waals surface area contributed by atoms with Crippen molar-refractivity contribution in [2.45, 2.75) is 46.3 Å². The van der Waals surface area contributed by atoms with E-state index >= 15 is 0 Å².